The van der Waals surface area contributed by atoms with Gasteiger partial charge in [-0.25, -0.2) is 4.98 Å². The lowest BCUT2D eigenvalue weighted by Crippen LogP contribution is -2.52. The second-order valence-corrected chi connectivity index (χ2v) is 17.4. The Labute approximate surface area is 394 Å². The van der Waals surface area contributed by atoms with Crippen molar-refractivity contribution in [2.24, 2.45) is 0 Å². The number of hydrogen-bond acceptors (Lipinski definition) is 13. The molecule has 6 rings (SSSR count). The Hall–Kier alpha value is -6.18. The zero-order valence-electron chi connectivity index (χ0n) is 37.3. The Balaban J connectivity index is 0.948. The second kappa shape index (κ2) is 21.6. The van der Waals surface area contributed by atoms with Crippen molar-refractivity contribution < 1.29 is 56.4 Å². The Morgan fingerprint density at radius 1 is 1.00 bits per heavy atom. The molecule has 67 heavy (non-hydrogen) atoms. The van der Waals surface area contributed by atoms with Crippen molar-refractivity contribution in [3.8, 4) is 28.0 Å². The Morgan fingerprint density at radius 3 is 2.28 bits per heavy atom. The maximum absolute atomic E-state index is 13.7. The number of alkyl halides is 3. The van der Waals surface area contributed by atoms with Crippen molar-refractivity contribution in [3.63, 3.8) is 0 Å². The van der Waals surface area contributed by atoms with E-state index in [0.29, 0.717) is 22.7 Å². The van der Waals surface area contributed by atoms with Crippen LogP contribution in [0.25, 0.3) is 10.4 Å². The van der Waals surface area contributed by atoms with Crippen LogP contribution in [0.2, 0.25) is 0 Å². The smallest absolute Gasteiger partial charge is 0.417 e. The van der Waals surface area contributed by atoms with Crippen molar-refractivity contribution >= 4 is 63.7 Å². The fraction of sp³-hybridized carbons (Fsp3) is 0.413. The number of aromatic nitrogens is 1. The number of aliphatic hydroxyl groups excluding tert-OH is 1. The van der Waals surface area contributed by atoms with E-state index in [2.05, 4.69) is 15.6 Å². The molecule has 0 saturated carbocycles. The van der Waals surface area contributed by atoms with Crippen molar-refractivity contribution in [2.75, 3.05) is 56.0 Å². The summed E-state index contributed by atoms with van der Waals surface area (Å²) in [5.41, 5.74) is 1.63. The van der Waals surface area contributed by atoms with Gasteiger partial charge in [0.1, 0.15) is 42.3 Å². The maximum atomic E-state index is 13.7. The predicted molar refractivity (Wildman–Crippen MR) is 245 cm³/mol. The summed E-state index contributed by atoms with van der Waals surface area (Å²) in [6.45, 7) is 9.43. The number of aryl methyl sites for hydroxylation is 1. The molecule has 0 aliphatic carbocycles. The van der Waals surface area contributed by atoms with Gasteiger partial charge in [-0.05, 0) is 94.0 Å². The van der Waals surface area contributed by atoms with Crippen LogP contribution < -0.4 is 29.9 Å². The minimum absolute atomic E-state index is 0.0205. The van der Waals surface area contributed by atoms with Gasteiger partial charge in [-0.2, -0.15) is 18.4 Å². The van der Waals surface area contributed by atoms with E-state index in [9.17, 15) is 42.7 Å². The molecule has 4 aromatic rings. The summed E-state index contributed by atoms with van der Waals surface area (Å²) in [6.07, 6.45) is -5.63. The van der Waals surface area contributed by atoms with E-state index < -0.39 is 58.8 Å². The van der Waals surface area contributed by atoms with Gasteiger partial charge in [0, 0.05) is 37.7 Å². The van der Waals surface area contributed by atoms with Gasteiger partial charge in [0.05, 0.1) is 71.5 Å². The fourth-order valence-electron chi connectivity index (χ4n) is 7.68. The molecule has 0 spiro atoms. The molecule has 21 heteroatoms. The third-order valence-electron chi connectivity index (χ3n) is 11.0. The van der Waals surface area contributed by atoms with E-state index in [1.54, 1.807) is 54.6 Å². The molecule has 2 aliphatic rings. The number of carbonyl (C=O) groups excluding carboxylic acids is 4. The van der Waals surface area contributed by atoms with E-state index in [1.807, 2.05) is 25.1 Å². The van der Waals surface area contributed by atoms with Gasteiger partial charge >= 0.3 is 6.18 Å². The van der Waals surface area contributed by atoms with Gasteiger partial charge in [0.15, 0.2) is 5.11 Å². The van der Waals surface area contributed by atoms with Crippen LogP contribution in [0.3, 0.4) is 0 Å². The van der Waals surface area contributed by atoms with Crippen LogP contribution in [-0.2, 0) is 41.4 Å². The van der Waals surface area contributed by atoms with E-state index in [-0.39, 0.29) is 75.9 Å². The standard InChI is InChI=1S/C46H50F3N7O9S2/c1-27-40(67-26-52-27)30-6-7-32(24-51-41(59)38-22-35(58)25-54(38)42(60)28(2)53-29(3)57)39(20-30)65-19-17-63-15-14-62-16-18-64-36-12-10-33(11-13-36)56-44(66)55(43(61)45(56,4)5)34-9-8-31(23-50)37(21-34)46(47,48)49/h6-13,20-21,26,28,35,38,58H,14-19,22,24-25H2,1-5H3,(H,51,59)(H,53,57)/t28-,35+,38-/m0/s1. The number of β-amino-alcohol motifs (C(OH)–C–C–N with tert-alkyl or cyclic N) is 1. The first kappa shape index (κ1) is 50.2. The maximum Gasteiger partial charge on any atom is 0.417 e. The van der Waals surface area contributed by atoms with Gasteiger partial charge < -0.3 is 44.5 Å². The zero-order chi connectivity index (χ0) is 48.6. The Kier molecular flexibility index (Phi) is 16.2. The molecule has 1 aromatic heterocycles. The lowest BCUT2D eigenvalue weighted by atomic mass is 10.0. The zero-order valence-corrected chi connectivity index (χ0v) is 39.0. The molecule has 3 aromatic carbocycles. The molecule has 0 radical (unpaired) electrons. The average molecular weight is 966 g/mol. The number of amides is 4. The first-order valence-electron chi connectivity index (χ1n) is 21.2. The van der Waals surface area contributed by atoms with Crippen LogP contribution >= 0.6 is 23.6 Å². The minimum atomic E-state index is -4.81. The molecule has 2 saturated heterocycles. The summed E-state index contributed by atoms with van der Waals surface area (Å²) >= 11 is 7.11. The molecular weight excluding hydrogens is 916 g/mol. The number of rotatable bonds is 19. The number of nitriles is 1. The SMILES string of the molecule is CC(=O)N[C@@H](C)C(=O)N1C[C@H](O)C[C@H]1C(=O)NCc1ccc(-c2scnc2C)cc1OCCOCCOCCOc1ccc(N2C(=S)N(c3ccc(C#N)c(C(F)(F)F)c3)C(=O)C2(C)C)cc1. The van der Waals surface area contributed by atoms with Gasteiger partial charge in [-0.1, -0.05) is 12.1 Å². The van der Waals surface area contributed by atoms with Crippen LogP contribution in [-0.4, -0.2) is 114 Å². The van der Waals surface area contributed by atoms with Crippen LogP contribution in [0.15, 0.2) is 66.2 Å². The summed E-state index contributed by atoms with van der Waals surface area (Å²) in [5, 5.41) is 24.9. The highest BCUT2D eigenvalue weighted by Crippen LogP contribution is 2.40. The van der Waals surface area contributed by atoms with E-state index in [4.69, 9.17) is 31.2 Å². The number of likely N-dealkylation sites (tertiary alicyclic amines) is 1. The number of ether oxygens (including phenoxy) is 4. The van der Waals surface area contributed by atoms with E-state index >= 15 is 0 Å². The monoisotopic (exact) mass is 965 g/mol. The number of thiocarbonyl (C=S) groups is 1. The van der Waals surface area contributed by atoms with Crippen molar-refractivity contribution in [3.05, 3.63) is 88.6 Å². The van der Waals surface area contributed by atoms with Crippen LogP contribution in [0.4, 0.5) is 24.5 Å². The number of anilines is 2. The highest BCUT2D eigenvalue weighted by atomic mass is 32.1. The Bertz CT molecular complexity index is 2510. The number of nitrogens with one attached hydrogen (secondary N) is 2. The van der Waals surface area contributed by atoms with Gasteiger partial charge in [0.25, 0.3) is 5.91 Å². The molecule has 3 N–H and O–H groups in total. The van der Waals surface area contributed by atoms with Crippen LogP contribution in [0.5, 0.6) is 11.5 Å². The van der Waals surface area contributed by atoms with Crippen molar-refractivity contribution in [1.82, 2.24) is 20.5 Å². The third-order valence-corrected chi connectivity index (χ3v) is 12.3. The summed E-state index contributed by atoms with van der Waals surface area (Å²) < 4.78 is 64.5. The van der Waals surface area contributed by atoms with Gasteiger partial charge in [0.2, 0.25) is 17.7 Å². The lowest BCUT2D eigenvalue weighted by Gasteiger charge is -2.29. The summed E-state index contributed by atoms with van der Waals surface area (Å²) in [6, 6.07) is 15.2. The third kappa shape index (κ3) is 11.9. The average Bonchev–Trinajstić information content (AvgIpc) is 3.95. The predicted octanol–water partition coefficient (Wildman–Crippen LogP) is 5.52. The quantitative estimate of drug-likeness (QED) is 0.0786. The number of hydrogen-bond donors (Lipinski definition) is 3. The summed E-state index contributed by atoms with van der Waals surface area (Å²) in [7, 11) is 0. The second-order valence-electron chi connectivity index (χ2n) is 16.2. The number of thiazole rings is 1. The molecule has 3 heterocycles. The van der Waals surface area contributed by atoms with Crippen molar-refractivity contribution in [2.45, 2.75) is 77.5 Å². The normalized spacial score (nSPS) is 17.3. The molecule has 2 fully saturated rings. The number of benzene rings is 3. The summed E-state index contributed by atoms with van der Waals surface area (Å²) in [5.74, 6) is -0.809. The molecule has 0 unspecified atom stereocenters. The van der Waals surface area contributed by atoms with Crippen molar-refractivity contribution in [1.29, 1.82) is 5.26 Å². The topological polar surface area (TPSA) is 196 Å². The number of nitrogens with zero attached hydrogens (tertiary/aromatic N) is 5. The summed E-state index contributed by atoms with van der Waals surface area (Å²) in [4.78, 5) is 60.7. The molecule has 2 aliphatic heterocycles. The van der Waals surface area contributed by atoms with E-state index in [0.717, 1.165) is 33.2 Å². The molecule has 16 nitrogen and oxygen atoms in total. The molecule has 3 atom stereocenters. The highest BCUT2D eigenvalue weighted by Gasteiger charge is 2.51. The molecule has 4 amide bonds. The first-order valence-corrected chi connectivity index (χ1v) is 22.5. The highest BCUT2D eigenvalue weighted by molar-refractivity contribution is 7.81. The largest absolute Gasteiger partial charge is 0.491 e. The number of halogens is 3. The minimum Gasteiger partial charge on any atom is -0.491 e. The van der Waals surface area contributed by atoms with Crippen LogP contribution in [0.1, 0.15) is 56.5 Å². The molecule has 356 valence electrons. The fourth-order valence-corrected chi connectivity index (χ4v) is 9.00. The van der Waals surface area contributed by atoms with Gasteiger partial charge in [-0.3, -0.25) is 24.1 Å². The number of carbonyl (C=O) groups is 4. The lowest BCUT2D eigenvalue weighted by molar-refractivity contribution is -0.141. The Morgan fingerprint density at radius 2 is 1.66 bits per heavy atom. The number of aliphatic hydroxyl groups is 1. The molecular formula is C46H50F3N7O9S2. The molecule has 0 bridgehead atoms. The van der Waals surface area contributed by atoms with E-state index in [1.165, 1.54) is 36.2 Å². The van der Waals surface area contributed by atoms with Crippen LogP contribution in [0, 0.1) is 18.3 Å². The van der Waals surface area contributed by atoms with Gasteiger partial charge in [-0.15, -0.1) is 11.3 Å². The first-order chi connectivity index (χ1) is 31.8.